The molecule has 1 heterocycles. The largest absolute Gasteiger partial charge is 0.336 e. The van der Waals surface area contributed by atoms with E-state index in [0.717, 1.165) is 18.7 Å². The zero-order valence-corrected chi connectivity index (χ0v) is 12.9. The van der Waals surface area contributed by atoms with Crippen LogP contribution in [0, 0.1) is 13.8 Å². The van der Waals surface area contributed by atoms with Crippen LogP contribution in [-0.2, 0) is 13.0 Å². The molecule has 2 amide bonds. The van der Waals surface area contributed by atoms with Gasteiger partial charge in [0.25, 0.3) is 0 Å². The van der Waals surface area contributed by atoms with Crippen molar-refractivity contribution in [3.63, 3.8) is 0 Å². The molecule has 0 unspecified atom stereocenters. The first-order valence-corrected chi connectivity index (χ1v) is 6.91. The van der Waals surface area contributed by atoms with E-state index in [2.05, 4.69) is 24.3 Å². The minimum Gasteiger partial charge on any atom is -0.336 e. The number of hydrogen-bond acceptors (Lipinski definition) is 2. The van der Waals surface area contributed by atoms with Gasteiger partial charge in [0.15, 0.2) is 0 Å². The lowest BCUT2D eigenvalue weighted by atomic mass is 10.1. The predicted octanol–water partition coefficient (Wildman–Crippen LogP) is 2.11. The van der Waals surface area contributed by atoms with E-state index >= 15 is 0 Å². The van der Waals surface area contributed by atoms with Gasteiger partial charge in [-0.25, -0.2) is 4.79 Å². The second kappa shape index (κ2) is 6.59. The second-order valence-corrected chi connectivity index (χ2v) is 5.24. The van der Waals surface area contributed by atoms with Crippen molar-refractivity contribution < 1.29 is 4.79 Å². The highest BCUT2D eigenvalue weighted by Crippen LogP contribution is 2.14. The first-order valence-electron chi connectivity index (χ1n) is 6.91. The fourth-order valence-electron chi connectivity index (χ4n) is 2.14. The topological polar surface area (TPSA) is 50.2 Å². The number of carbonyl (C=O) groups is 1. The lowest BCUT2D eigenvalue weighted by molar-refractivity contribution is 0.206. The smallest absolute Gasteiger partial charge is 0.317 e. The van der Waals surface area contributed by atoms with Crippen LogP contribution in [0.15, 0.2) is 0 Å². The standard InChI is InChI=1S/C14H26N4O/c1-7-18-12(5)13(11(4)16-18)8-9-17(6)14(19)15-10(2)3/h10H,7-9H2,1-6H3,(H,15,19). The zero-order chi connectivity index (χ0) is 14.6. The molecule has 0 aliphatic heterocycles. The summed E-state index contributed by atoms with van der Waals surface area (Å²) in [6, 6.07) is 0.148. The lowest BCUT2D eigenvalue weighted by Crippen LogP contribution is -2.41. The molecule has 0 spiro atoms. The van der Waals surface area contributed by atoms with Crippen LogP contribution in [0.4, 0.5) is 4.79 Å². The quantitative estimate of drug-likeness (QED) is 0.887. The Morgan fingerprint density at radius 2 is 2.05 bits per heavy atom. The maximum atomic E-state index is 11.8. The summed E-state index contributed by atoms with van der Waals surface area (Å²) in [6.07, 6.45) is 0.847. The molecular weight excluding hydrogens is 240 g/mol. The summed E-state index contributed by atoms with van der Waals surface area (Å²) in [5, 5.41) is 7.39. The Balaban J connectivity index is 2.62. The Morgan fingerprint density at radius 3 is 2.53 bits per heavy atom. The molecule has 1 aromatic heterocycles. The molecule has 0 atom stereocenters. The third-order valence-electron chi connectivity index (χ3n) is 3.29. The molecule has 19 heavy (non-hydrogen) atoms. The SMILES string of the molecule is CCn1nc(C)c(CCN(C)C(=O)NC(C)C)c1C. The molecule has 1 aromatic rings. The molecule has 0 aliphatic carbocycles. The summed E-state index contributed by atoms with van der Waals surface area (Å²) in [4.78, 5) is 13.5. The van der Waals surface area contributed by atoms with Crippen LogP contribution in [0.2, 0.25) is 0 Å². The van der Waals surface area contributed by atoms with Gasteiger partial charge in [-0.15, -0.1) is 0 Å². The number of amides is 2. The van der Waals surface area contributed by atoms with E-state index < -0.39 is 0 Å². The van der Waals surface area contributed by atoms with Crippen LogP contribution in [0.25, 0.3) is 0 Å². The summed E-state index contributed by atoms with van der Waals surface area (Å²) < 4.78 is 2.01. The fourth-order valence-corrected chi connectivity index (χ4v) is 2.14. The molecule has 0 aliphatic rings. The Labute approximate surface area is 116 Å². The van der Waals surface area contributed by atoms with Crippen LogP contribution < -0.4 is 5.32 Å². The first kappa shape index (κ1) is 15.5. The molecule has 0 fully saturated rings. The van der Waals surface area contributed by atoms with Crippen molar-refractivity contribution in [2.75, 3.05) is 13.6 Å². The molecule has 0 saturated heterocycles. The highest BCUT2D eigenvalue weighted by Gasteiger charge is 2.14. The number of carbonyl (C=O) groups excluding carboxylic acids is 1. The number of rotatable bonds is 5. The third kappa shape index (κ3) is 3.98. The van der Waals surface area contributed by atoms with Crippen molar-refractivity contribution >= 4 is 6.03 Å². The van der Waals surface area contributed by atoms with Crippen LogP contribution in [0.3, 0.4) is 0 Å². The van der Waals surface area contributed by atoms with E-state index in [1.807, 2.05) is 32.5 Å². The summed E-state index contributed by atoms with van der Waals surface area (Å²) in [5.41, 5.74) is 3.53. The van der Waals surface area contributed by atoms with Gasteiger partial charge >= 0.3 is 6.03 Å². The average molecular weight is 266 g/mol. The van der Waals surface area contributed by atoms with Crippen molar-refractivity contribution in [2.45, 2.75) is 53.6 Å². The Morgan fingerprint density at radius 1 is 1.42 bits per heavy atom. The first-order chi connectivity index (χ1) is 8.86. The van der Waals surface area contributed by atoms with E-state index in [1.54, 1.807) is 4.90 Å². The molecule has 5 nitrogen and oxygen atoms in total. The second-order valence-electron chi connectivity index (χ2n) is 5.24. The number of urea groups is 1. The van der Waals surface area contributed by atoms with Gasteiger partial charge in [0.05, 0.1) is 5.69 Å². The summed E-state index contributed by atoms with van der Waals surface area (Å²) in [7, 11) is 1.83. The van der Waals surface area contributed by atoms with E-state index in [9.17, 15) is 4.79 Å². The van der Waals surface area contributed by atoms with Crippen LogP contribution in [0.1, 0.15) is 37.7 Å². The maximum absolute atomic E-state index is 11.8. The van der Waals surface area contributed by atoms with Gasteiger partial charge in [-0.1, -0.05) is 0 Å². The van der Waals surface area contributed by atoms with Crippen molar-refractivity contribution in [1.82, 2.24) is 20.0 Å². The van der Waals surface area contributed by atoms with E-state index in [-0.39, 0.29) is 12.1 Å². The Kier molecular flexibility index (Phi) is 5.39. The van der Waals surface area contributed by atoms with E-state index in [1.165, 1.54) is 11.3 Å². The number of hydrogen-bond donors (Lipinski definition) is 1. The minimum atomic E-state index is -0.0202. The zero-order valence-electron chi connectivity index (χ0n) is 12.9. The van der Waals surface area contributed by atoms with Crippen LogP contribution >= 0.6 is 0 Å². The van der Waals surface area contributed by atoms with Gasteiger partial charge in [0.2, 0.25) is 0 Å². The number of nitrogens with zero attached hydrogens (tertiary/aromatic N) is 3. The summed E-state index contributed by atoms with van der Waals surface area (Å²) in [5.74, 6) is 0. The molecule has 0 saturated carbocycles. The Bertz CT molecular complexity index is 437. The van der Waals surface area contributed by atoms with Crippen LogP contribution in [-0.4, -0.2) is 40.3 Å². The van der Waals surface area contributed by atoms with Crippen molar-refractivity contribution in [3.8, 4) is 0 Å². The normalized spacial score (nSPS) is 10.9. The van der Waals surface area contributed by atoms with Crippen molar-refractivity contribution in [2.24, 2.45) is 0 Å². The van der Waals surface area contributed by atoms with Gasteiger partial charge in [0.1, 0.15) is 0 Å². The Hall–Kier alpha value is -1.52. The van der Waals surface area contributed by atoms with Crippen molar-refractivity contribution in [3.05, 3.63) is 17.0 Å². The molecule has 0 radical (unpaired) electrons. The van der Waals surface area contributed by atoms with E-state index in [0.29, 0.717) is 6.54 Å². The molecule has 108 valence electrons. The summed E-state index contributed by atoms with van der Waals surface area (Å²) in [6.45, 7) is 11.7. The lowest BCUT2D eigenvalue weighted by Gasteiger charge is -2.19. The third-order valence-corrected chi connectivity index (χ3v) is 3.29. The molecule has 1 N–H and O–H groups in total. The monoisotopic (exact) mass is 266 g/mol. The molecule has 0 aromatic carbocycles. The minimum absolute atomic E-state index is 0.0202. The predicted molar refractivity (Wildman–Crippen MR) is 77.4 cm³/mol. The fraction of sp³-hybridized carbons (Fsp3) is 0.714. The van der Waals surface area contributed by atoms with Gasteiger partial charge in [-0.3, -0.25) is 4.68 Å². The molecule has 1 rings (SSSR count). The molecule has 0 bridgehead atoms. The maximum Gasteiger partial charge on any atom is 0.317 e. The highest BCUT2D eigenvalue weighted by atomic mass is 16.2. The van der Waals surface area contributed by atoms with Gasteiger partial charge < -0.3 is 10.2 Å². The molecule has 5 heteroatoms. The molecular formula is C14H26N4O. The number of aromatic nitrogens is 2. The average Bonchev–Trinajstić information content (AvgIpc) is 2.60. The number of aryl methyl sites for hydroxylation is 2. The number of likely N-dealkylation sites (N-methyl/N-ethyl adjacent to an activating group) is 1. The van der Waals surface area contributed by atoms with Gasteiger partial charge in [0, 0.05) is 31.9 Å². The number of nitrogens with one attached hydrogen (secondary N) is 1. The highest BCUT2D eigenvalue weighted by molar-refractivity contribution is 5.74. The van der Waals surface area contributed by atoms with Gasteiger partial charge in [-0.05, 0) is 46.6 Å². The van der Waals surface area contributed by atoms with Crippen LogP contribution in [0.5, 0.6) is 0 Å². The van der Waals surface area contributed by atoms with E-state index in [4.69, 9.17) is 0 Å². The van der Waals surface area contributed by atoms with Crippen molar-refractivity contribution in [1.29, 1.82) is 0 Å². The summed E-state index contributed by atoms with van der Waals surface area (Å²) >= 11 is 0. The van der Waals surface area contributed by atoms with Gasteiger partial charge in [-0.2, -0.15) is 5.10 Å².